The number of thiocarbonyl (C=S) groups is 1. The molecule has 0 saturated carbocycles. The quantitative estimate of drug-likeness (QED) is 0.444. The second kappa shape index (κ2) is 8.50. The minimum atomic E-state index is -0.615. The van der Waals surface area contributed by atoms with Crippen LogP contribution >= 0.6 is 23.8 Å². The predicted molar refractivity (Wildman–Crippen MR) is 114 cm³/mol. The lowest BCUT2D eigenvalue weighted by Crippen LogP contribution is -2.54. The number of carbonyl (C=O) groups excluding carboxylic acids is 2. The summed E-state index contributed by atoms with van der Waals surface area (Å²) in [6, 6.07) is 9.85. The van der Waals surface area contributed by atoms with Crippen LogP contribution in [-0.2, 0) is 9.59 Å². The van der Waals surface area contributed by atoms with Gasteiger partial charge in [-0.1, -0.05) is 11.6 Å². The molecule has 9 heteroatoms. The lowest BCUT2D eigenvalue weighted by atomic mass is 10.1. The van der Waals surface area contributed by atoms with E-state index in [1.807, 2.05) is 0 Å². The van der Waals surface area contributed by atoms with E-state index < -0.39 is 11.8 Å². The summed E-state index contributed by atoms with van der Waals surface area (Å²) in [7, 11) is 4.50. The summed E-state index contributed by atoms with van der Waals surface area (Å²) in [5.74, 6) is 0.279. The molecule has 0 spiro atoms. The van der Waals surface area contributed by atoms with Gasteiger partial charge in [-0.25, -0.2) is 0 Å². The molecular formula is C20H17ClN2O5S. The summed E-state index contributed by atoms with van der Waals surface area (Å²) in [4.78, 5) is 26.8. The number of rotatable bonds is 5. The number of benzene rings is 2. The number of nitrogens with zero attached hydrogens (tertiary/aromatic N) is 1. The molecule has 1 saturated heterocycles. The van der Waals surface area contributed by atoms with E-state index in [9.17, 15) is 9.59 Å². The largest absolute Gasteiger partial charge is 0.497 e. The zero-order valence-corrected chi connectivity index (χ0v) is 17.4. The number of hydrogen-bond donors (Lipinski definition) is 1. The van der Waals surface area contributed by atoms with Crippen LogP contribution in [0.2, 0.25) is 5.02 Å². The number of halogens is 1. The Labute approximate surface area is 177 Å². The summed E-state index contributed by atoms with van der Waals surface area (Å²) in [5.41, 5.74) is 0.791. The average molecular weight is 433 g/mol. The second-order valence-electron chi connectivity index (χ2n) is 5.88. The third-order valence-electron chi connectivity index (χ3n) is 4.24. The first-order valence-electron chi connectivity index (χ1n) is 8.36. The van der Waals surface area contributed by atoms with Crippen LogP contribution < -0.4 is 24.4 Å². The normalized spacial score (nSPS) is 15.4. The van der Waals surface area contributed by atoms with Crippen molar-refractivity contribution in [2.24, 2.45) is 0 Å². The fraction of sp³-hybridized carbons (Fsp3) is 0.150. The van der Waals surface area contributed by atoms with Crippen LogP contribution in [0.25, 0.3) is 6.08 Å². The van der Waals surface area contributed by atoms with Gasteiger partial charge in [0.25, 0.3) is 11.8 Å². The smallest absolute Gasteiger partial charge is 0.270 e. The summed E-state index contributed by atoms with van der Waals surface area (Å²) in [5, 5.41) is 2.81. The van der Waals surface area contributed by atoms with E-state index in [1.165, 1.54) is 25.2 Å². The van der Waals surface area contributed by atoms with Crippen molar-refractivity contribution >= 4 is 52.5 Å². The number of carbonyl (C=O) groups is 2. The Morgan fingerprint density at radius 3 is 2.21 bits per heavy atom. The standard InChI is InChI=1S/C20H17ClN2O5S/c1-26-13-6-4-12(5-7-13)23-19(25)14(18(24)22-20(23)29)8-11-9-16(27-2)17(28-3)10-15(11)21/h4-10H,1-3H3,(H,22,24,29)/b14-8+. The summed E-state index contributed by atoms with van der Waals surface area (Å²) in [6.45, 7) is 0. The summed E-state index contributed by atoms with van der Waals surface area (Å²) in [6.07, 6.45) is 1.39. The number of hydrogen-bond acceptors (Lipinski definition) is 6. The molecular weight excluding hydrogens is 416 g/mol. The van der Waals surface area contributed by atoms with E-state index in [2.05, 4.69) is 5.32 Å². The SMILES string of the molecule is COc1ccc(N2C(=O)/C(=C/c3cc(OC)c(OC)cc3Cl)C(=O)NC2=S)cc1. The molecule has 0 bridgehead atoms. The fourth-order valence-electron chi connectivity index (χ4n) is 2.76. The van der Waals surface area contributed by atoms with E-state index in [-0.39, 0.29) is 10.7 Å². The van der Waals surface area contributed by atoms with E-state index >= 15 is 0 Å². The molecule has 0 radical (unpaired) electrons. The maximum atomic E-state index is 13.1. The lowest BCUT2D eigenvalue weighted by Gasteiger charge is -2.29. The van der Waals surface area contributed by atoms with Gasteiger partial charge in [-0.2, -0.15) is 0 Å². The Morgan fingerprint density at radius 2 is 1.62 bits per heavy atom. The van der Waals surface area contributed by atoms with Gasteiger partial charge >= 0.3 is 0 Å². The number of methoxy groups -OCH3 is 3. The molecule has 2 aromatic rings. The van der Waals surface area contributed by atoms with Gasteiger partial charge in [-0.3, -0.25) is 19.8 Å². The van der Waals surface area contributed by atoms with Crippen molar-refractivity contribution < 1.29 is 23.8 Å². The maximum absolute atomic E-state index is 13.1. The summed E-state index contributed by atoms with van der Waals surface area (Å²) < 4.78 is 15.6. The van der Waals surface area contributed by atoms with Crippen LogP contribution in [0.1, 0.15) is 5.56 Å². The number of anilines is 1. The third-order valence-corrected chi connectivity index (χ3v) is 4.85. The van der Waals surface area contributed by atoms with Crippen LogP contribution in [0.3, 0.4) is 0 Å². The maximum Gasteiger partial charge on any atom is 0.270 e. The lowest BCUT2D eigenvalue weighted by molar-refractivity contribution is -0.122. The first-order chi connectivity index (χ1) is 13.9. The first-order valence-corrected chi connectivity index (χ1v) is 9.15. The minimum absolute atomic E-state index is 0.0132. The van der Waals surface area contributed by atoms with Gasteiger partial charge in [0.05, 0.1) is 32.0 Å². The van der Waals surface area contributed by atoms with Crippen molar-refractivity contribution in [1.82, 2.24) is 5.32 Å². The number of nitrogens with one attached hydrogen (secondary N) is 1. The van der Waals surface area contributed by atoms with E-state index in [0.717, 1.165) is 0 Å². The first kappa shape index (κ1) is 20.6. The van der Waals surface area contributed by atoms with Gasteiger partial charge in [0, 0.05) is 6.07 Å². The molecule has 0 unspecified atom stereocenters. The van der Waals surface area contributed by atoms with Gasteiger partial charge in [0.1, 0.15) is 11.3 Å². The summed E-state index contributed by atoms with van der Waals surface area (Å²) >= 11 is 11.5. The van der Waals surface area contributed by atoms with Crippen LogP contribution in [0.15, 0.2) is 42.0 Å². The van der Waals surface area contributed by atoms with Crippen molar-refractivity contribution in [3.63, 3.8) is 0 Å². The Hall–Kier alpha value is -3.10. The monoisotopic (exact) mass is 432 g/mol. The average Bonchev–Trinajstić information content (AvgIpc) is 2.72. The molecule has 7 nitrogen and oxygen atoms in total. The van der Waals surface area contributed by atoms with Crippen molar-refractivity contribution in [1.29, 1.82) is 0 Å². The molecule has 0 aromatic heterocycles. The molecule has 1 aliphatic heterocycles. The molecule has 1 aliphatic rings. The van der Waals surface area contributed by atoms with Gasteiger partial charge in [0.15, 0.2) is 16.6 Å². The Kier molecular flexibility index (Phi) is 6.05. The van der Waals surface area contributed by atoms with Gasteiger partial charge in [-0.05, 0) is 54.2 Å². The van der Waals surface area contributed by atoms with E-state index in [0.29, 0.717) is 33.5 Å². The zero-order chi connectivity index (χ0) is 21.1. The van der Waals surface area contributed by atoms with Gasteiger partial charge in [0.2, 0.25) is 0 Å². The molecule has 0 aliphatic carbocycles. The molecule has 150 valence electrons. The predicted octanol–water partition coefficient (Wildman–Crippen LogP) is 3.20. The van der Waals surface area contributed by atoms with Crippen LogP contribution in [0, 0.1) is 0 Å². The van der Waals surface area contributed by atoms with Crippen molar-refractivity contribution in [3.8, 4) is 17.2 Å². The molecule has 2 aromatic carbocycles. The Balaban J connectivity index is 2.03. The molecule has 29 heavy (non-hydrogen) atoms. The van der Waals surface area contributed by atoms with Crippen LogP contribution in [-0.4, -0.2) is 38.3 Å². The highest BCUT2D eigenvalue weighted by atomic mass is 35.5. The van der Waals surface area contributed by atoms with Crippen molar-refractivity contribution in [2.45, 2.75) is 0 Å². The third kappa shape index (κ3) is 4.03. The molecule has 1 N–H and O–H groups in total. The van der Waals surface area contributed by atoms with Crippen LogP contribution in [0.4, 0.5) is 5.69 Å². The fourth-order valence-corrected chi connectivity index (χ4v) is 3.25. The highest BCUT2D eigenvalue weighted by Crippen LogP contribution is 2.34. The molecule has 0 atom stereocenters. The topological polar surface area (TPSA) is 77.1 Å². The Bertz CT molecular complexity index is 1020. The molecule has 3 rings (SSSR count). The highest BCUT2D eigenvalue weighted by Gasteiger charge is 2.34. The van der Waals surface area contributed by atoms with E-state index in [4.69, 9.17) is 38.0 Å². The Morgan fingerprint density at radius 1 is 1.00 bits per heavy atom. The van der Waals surface area contributed by atoms with Gasteiger partial charge in [-0.15, -0.1) is 0 Å². The number of ether oxygens (including phenoxy) is 3. The minimum Gasteiger partial charge on any atom is -0.497 e. The van der Waals surface area contributed by atoms with Gasteiger partial charge < -0.3 is 14.2 Å². The highest BCUT2D eigenvalue weighted by molar-refractivity contribution is 7.80. The molecule has 2 amide bonds. The zero-order valence-electron chi connectivity index (χ0n) is 15.8. The van der Waals surface area contributed by atoms with E-state index in [1.54, 1.807) is 43.5 Å². The second-order valence-corrected chi connectivity index (χ2v) is 6.68. The van der Waals surface area contributed by atoms with Crippen molar-refractivity contribution in [2.75, 3.05) is 26.2 Å². The molecule has 1 heterocycles. The molecule has 1 fully saturated rings. The van der Waals surface area contributed by atoms with Crippen LogP contribution in [0.5, 0.6) is 17.2 Å². The number of amides is 2. The van der Waals surface area contributed by atoms with Crippen molar-refractivity contribution in [3.05, 3.63) is 52.6 Å².